The Kier molecular flexibility index (Phi) is 5.14. The molecule has 1 fully saturated rings. The van der Waals surface area contributed by atoms with E-state index < -0.39 is 0 Å². The average Bonchev–Trinajstić information content (AvgIpc) is 2.38. The molecule has 0 amide bonds. The topological polar surface area (TPSA) is 12.5 Å². The molecular weight excluding hydrogens is 314 g/mol. The first-order chi connectivity index (χ1) is 9.41. The number of ether oxygens (including phenoxy) is 1. The molecule has 2 nitrogen and oxygen atoms in total. The molecule has 0 saturated heterocycles. The first kappa shape index (κ1) is 15.8. The van der Waals surface area contributed by atoms with Crippen LogP contribution in [0.4, 0.5) is 0 Å². The zero-order valence-corrected chi connectivity index (χ0v) is 14.7. The number of nitrogens with zero attached hydrogens (tertiary/aromatic N) is 1. The molecule has 112 valence electrons. The molecule has 0 aromatic heterocycles. The monoisotopic (exact) mass is 339 g/mol. The quantitative estimate of drug-likeness (QED) is 0.776. The summed E-state index contributed by atoms with van der Waals surface area (Å²) in [5.74, 6) is 0.899. The van der Waals surface area contributed by atoms with Crippen LogP contribution in [0.15, 0.2) is 22.7 Å². The minimum Gasteiger partial charge on any atom is -0.496 e. The maximum absolute atomic E-state index is 5.28. The smallest absolute Gasteiger partial charge is 0.133 e. The van der Waals surface area contributed by atoms with Crippen LogP contribution in [0.3, 0.4) is 0 Å². The van der Waals surface area contributed by atoms with E-state index in [0.717, 1.165) is 22.8 Å². The van der Waals surface area contributed by atoms with Crippen molar-refractivity contribution in [3.8, 4) is 5.75 Å². The molecule has 0 atom stereocenters. The van der Waals surface area contributed by atoms with Gasteiger partial charge in [-0.25, -0.2) is 0 Å². The van der Waals surface area contributed by atoms with Crippen LogP contribution in [0.25, 0.3) is 0 Å². The number of hydrogen-bond donors (Lipinski definition) is 0. The van der Waals surface area contributed by atoms with Crippen molar-refractivity contribution in [1.29, 1.82) is 0 Å². The molecule has 1 aliphatic rings. The lowest BCUT2D eigenvalue weighted by Gasteiger charge is -2.38. The fourth-order valence-corrected chi connectivity index (χ4v) is 3.64. The van der Waals surface area contributed by atoms with E-state index in [1.807, 2.05) is 6.07 Å². The molecule has 1 aliphatic carbocycles. The van der Waals surface area contributed by atoms with Crippen molar-refractivity contribution in [3.63, 3.8) is 0 Å². The standard InChI is InChI=1S/C17H26BrNO/c1-17(2)9-7-14(8-10-17)19(3)12-13-5-6-16(20-4)15(18)11-13/h5-6,11,14H,7-10,12H2,1-4H3. The van der Waals surface area contributed by atoms with Gasteiger partial charge in [0, 0.05) is 12.6 Å². The second kappa shape index (κ2) is 6.48. The van der Waals surface area contributed by atoms with Crippen LogP contribution >= 0.6 is 15.9 Å². The van der Waals surface area contributed by atoms with Gasteiger partial charge >= 0.3 is 0 Å². The highest BCUT2D eigenvalue weighted by molar-refractivity contribution is 9.10. The Labute approximate surface area is 131 Å². The zero-order valence-electron chi connectivity index (χ0n) is 13.1. The van der Waals surface area contributed by atoms with Crippen LogP contribution in [0.5, 0.6) is 5.75 Å². The summed E-state index contributed by atoms with van der Waals surface area (Å²) in [6, 6.07) is 7.09. The molecule has 0 bridgehead atoms. The summed E-state index contributed by atoms with van der Waals surface area (Å²) >= 11 is 3.56. The van der Waals surface area contributed by atoms with Crippen molar-refractivity contribution in [2.45, 2.75) is 52.1 Å². The second-order valence-electron chi connectivity index (χ2n) is 6.78. The fourth-order valence-electron chi connectivity index (χ4n) is 3.05. The lowest BCUT2D eigenvalue weighted by molar-refractivity contribution is 0.123. The molecule has 0 radical (unpaired) electrons. The van der Waals surface area contributed by atoms with E-state index >= 15 is 0 Å². The molecule has 0 spiro atoms. The van der Waals surface area contributed by atoms with Gasteiger partial charge in [-0.2, -0.15) is 0 Å². The summed E-state index contributed by atoms with van der Waals surface area (Å²) in [6.07, 6.45) is 5.32. The Morgan fingerprint density at radius 3 is 2.50 bits per heavy atom. The lowest BCUT2D eigenvalue weighted by atomic mass is 9.75. The van der Waals surface area contributed by atoms with Gasteiger partial charge in [-0.15, -0.1) is 0 Å². The minimum atomic E-state index is 0.542. The van der Waals surface area contributed by atoms with E-state index in [9.17, 15) is 0 Å². The summed E-state index contributed by atoms with van der Waals surface area (Å²) < 4.78 is 6.32. The number of rotatable bonds is 4. The minimum absolute atomic E-state index is 0.542. The van der Waals surface area contributed by atoms with Gasteiger partial charge in [-0.1, -0.05) is 19.9 Å². The van der Waals surface area contributed by atoms with Gasteiger partial charge in [-0.3, -0.25) is 4.90 Å². The normalized spacial score (nSPS) is 19.3. The Bertz CT molecular complexity index is 448. The summed E-state index contributed by atoms with van der Waals surface area (Å²) in [5.41, 5.74) is 1.88. The molecular formula is C17H26BrNO. The highest BCUT2D eigenvalue weighted by Crippen LogP contribution is 2.37. The maximum Gasteiger partial charge on any atom is 0.133 e. The maximum atomic E-state index is 5.28. The van der Waals surface area contributed by atoms with Crippen molar-refractivity contribution in [1.82, 2.24) is 4.90 Å². The van der Waals surface area contributed by atoms with Crippen LogP contribution in [0.2, 0.25) is 0 Å². The molecule has 0 N–H and O–H groups in total. The molecule has 20 heavy (non-hydrogen) atoms. The first-order valence-corrected chi connectivity index (χ1v) is 8.23. The third-order valence-electron chi connectivity index (χ3n) is 4.58. The number of halogens is 1. The molecule has 1 aromatic carbocycles. The van der Waals surface area contributed by atoms with Gasteiger partial charge < -0.3 is 4.74 Å². The fraction of sp³-hybridized carbons (Fsp3) is 0.647. The van der Waals surface area contributed by atoms with E-state index in [2.05, 4.69) is 53.9 Å². The predicted molar refractivity (Wildman–Crippen MR) is 88.2 cm³/mol. The predicted octanol–water partition coefficient (Wildman–Crippen LogP) is 4.86. The number of benzene rings is 1. The van der Waals surface area contributed by atoms with E-state index in [1.54, 1.807) is 7.11 Å². The second-order valence-corrected chi connectivity index (χ2v) is 7.63. The molecule has 1 aromatic rings. The van der Waals surface area contributed by atoms with E-state index in [0.29, 0.717) is 5.41 Å². The lowest BCUT2D eigenvalue weighted by Crippen LogP contribution is -2.36. The average molecular weight is 340 g/mol. The third kappa shape index (κ3) is 3.98. The van der Waals surface area contributed by atoms with Gasteiger partial charge in [0.05, 0.1) is 11.6 Å². The zero-order chi connectivity index (χ0) is 14.8. The highest BCUT2D eigenvalue weighted by atomic mass is 79.9. The Hall–Kier alpha value is -0.540. The summed E-state index contributed by atoms with van der Waals surface area (Å²) in [5, 5.41) is 0. The largest absolute Gasteiger partial charge is 0.496 e. The van der Waals surface area contributed by atoms with Crippen molar-refractivity contribution in [3.05, 3.63) is 28.2 Å². The van der Waals surface area contributed by atoms with E-state index in [-0.39, 0.29) is 0 Å². The van der Waals surface area contributed by atoms with Gasteiger partial charge in [0.25, 0.3) is 0 Å². The van der Waals surface area contributed by atoms with Crippen LogP contribution in [0, 0.1) is 5.41 Å². The van der Waals surface area contributed by atoms with Crippen molar-refractivity contribution >= 4 is 15.9 Å². The molecule has 2 rings (SSSR count). The van der Waals surface area contributed by atoms with Crippen LogP contribution in [-0.2, 0) is 6.54 Å². The summed E-state index contributed by atoms with van der Waals surface area (Å²) in [6.45, 7) is 5.79. The van der Waals surface area contributed by atoms with Gasteiger partial charge in [0.1, 0.15) is 5.75 Å². The van der Waals surface area contributed by atoms with Crippen molar-refractivity contribution < 1.29 is 4.74 Å². The van der Waals surface area contributed by atoms with Crippen molar-refractivity contribution in [2.24, 2.45) is 5.41 Å². The van der Waals surface area contributed by atoms with Crippen molar-refractivity contribution in [2.75, 3.05) is 14.2 Å². The number of hydrogen-bond acceptors (Lipinski definition) is 2. The number of methoxy groups -OCH3 is 1. The summed E-state index contributed by atoms with van der Waals surface area (Å²) in [4.78, 5) is 2.50. The van der Waals surface area contributed by atoms with E-state index in [1.165, 1.54) is 31.2 Å². The highest BCUT2D eigenvalue weighted by Gasteiger charge is 2.28. The Morgan fingerprint density at radius 2 is 1.95 bits per heavy atom. The Balaban J connectivity index is 1.94. The molecule has 3 heteroatoms. The van der Waals surface area contributed by atoms with Crippen LogP contribution in [-0.4, -0.2) is 25.1 Å². The van der Waals surface area contributed by atoms with Gasteiger partial charge in [0.2, 0.25) is 0 Å². The molecule has 1 saturated carbocycles. The first-order valence-electron chi connectivity index (χ1n) is 7.44. The van der Waals surface area contributed by atoms with Crippen LogP contribution in [0.1, 0.15) is 45.1 Å². The third-order valence-corrected chi connectivity index (χ3v) is 5.20. The SMILES string of the molecule is COc1ccc(CN(C)C2CCC(C)(C)CC2)cc1Br. The molecule has 0 unspecified atom stereocenters. The summed E-state index contributed by atoms with van der Waals surface area (Å²) in [7, 11) is 3.96. The van der Waals surface area contributed by atoms with E-state index in [4.69, 9.17) is 4.74 Å². The molecule has 0 heterocycles. The molecule has 0 aliphatic heterocycles. The van der Waals surface area contributed by atoms with Gasteiger partial charge in [0.15, 0.2) is 0 Å². The van der Waals surface area contributed by atoms with Gasteiger partial charge in [-0.05, 0) is 71.8 Å². The van der Waals surface area contributed by atoms with Crippen LogP contribution < -0.4 is 4.74 Å². The Morgan fingerprint density at radius 1 is 1.30 bits per heavy atom.